The van der Waals surface area contributed by atoms with Gasteiger partial charge >= 0.3 is 0 Å². The largest absolute Gasteiger partial charge is 0.489 e. The second kappa shape index (κ2) is 7.57. The Morgan fingerprint density at radius 3 is 2.81 bits per heavy atom. The lowest BCUT2D eigenvalue weighted by atomic mass is 10.0. The van der Waals surface area contributed by atoms with Gasteiger partial charge in [-0.25, -0.2) is 0 Å². The first-order valence-corrected chi connectivity index (χ1v) is 7.95. The second-order valence-electron chi connectivity index (χ2n) is 5.28. The molecular formula is C17H21BrN2O. The molecule has 1 aromatic carbocycles. The zero-order valence-corrected chi connectivity index (χ0v) is 14.1. The van der Waals surface area contributed by atoms with Crippen LogP contribution in [0.3, 0.4) is 0 Å². The molecule has 2 rings (SSSR count). The number of nitrogens with two attached hydrogens (primary N) is 1. The van der Waals surface area contributed by atoms with Crippen LogP contribution in [0, 0.1) is 6.92 Å². The summed E-state index contributed by atoms with van der Waals surface area (Å²) in [7, 11) is 0. The van der Waals surface area contributed by atoms with Crippen molar-refractivity contribution < 1.29 is 4.74 Å². The van der Waals surface area contributed by atoms with E-state index >= 15 is 0 Å². The fraction of sp³-hybridized carbons (Fsp3) is 0.353. The van der Waals surface area contributed by atoms with Gasteiger partial charge in [0.15, 0.2) is 0 Å². The molecule has 1 aromatic heterocycles. The summed E-state index contributed by atoms with van der Waals surface area (Å²) in [6.07, 6.45) is 5.45. The summed E-state index contributed by atoms with van der Waals surface area (Å²) in [5.74, 6) is 0.892. The van der Waals surface area contributed by atoms with Gasteiger partial charge in [0.2, 0.25) is 0 Å². The molecule has 0 aliphatic carbocycles. The maximum absolute atomic E-state index is 6.07. The quantitative estimate of drug-likeness (QED) is 0.857. The average Bonchev–Trinajstić information content (AvgIpc) is 2.46. The van der Waals surface area contributed by atoms with Crippen molar-refractivity contribution in [1.29, 1.82) is 0 Å². The lowest BCUT2D eigenvalue weighted by Gasteiger charge is -2.15. The van der Waals surface area contributed by atoms with E-state index in [0.29, 0.717) is 6.61 Å². The summed E-state index contributed by atoms with van der Waals surface area (Å²) in [5, 5.41) is 0. The van der Waals surface area contributed by atoms with Crippen molar-refractivity contribution in [2.75, 3.05) is 0 Å². The zero-order chi connectivity index (χ0) is 15.2. The zero-order valence-electron chi connectivity index (χ0n) is 12.5. The normalized spacial score (nSPS) is 12.2. The van der Waals surface area contributed by atoms with Crippen LogP contribution in [0.4, 0.5) is 0 Å². The van der Waals surface area contributed by atoms with Gasteiger partial charge in [-0.15, -0.1) is 0 Å². The van der Waals surface area contributed by atoms with E-state index in [4.69, 9.17) is 10.5 Å². The third kappa shape index (κ3) is 4.83. The molecule has 1 atom stereocenters. The predicted octanol–water partition coefficient (Wildman–Crippen LogP) is 4.01. The summed E-state index contributed by atoms with van der Waals surface area (Å²) in [5.41, 5.74) is 9.42. The highest BCUT2D eigenvalue weighted by molar-refractivity contribution is 9.10. The molecule has 4 heteroatoms. The topological polar surface area (TPSA) is 48.1 Å². The number of aromatic nitrogens is 1. The number of benzene rings is 1. The van der Waals surface area contributed by atoms with Crippen molar-refractivity contribution in [3.63, 3.8) is 0 Å². The Morgan fingerprint density at radius 1 is 1.29 bits per heavy atom. The molecule has 1 unspecified atom stereocenters. The highest BCUT2D eigenvalue weighted by Crippen LogP contribution is 2.25. The van der Waals surface area contributed by atoms with Gasteiger partial charge in [-0.1, -0.05) is 22.9 Å². The Balaban J connectivity index is 2.11. The van der Waals surface area contributed by atoms with Crippen LogP contribution in [0.1, 0.15) is 30.0 Å². The van der Waals surface area contributed by atoms with Crippen LogP contribution >= 0.6 is 15.9 Å². The van der Waals surface area contributed by atoms with E-state index in [1.54, 1.807) is 0 Å². The predicted molar refractivity (Wildman–Crippen MR) is 89.4 cm³/mol. The van der Waals surface area contributed by atoms with Gasteiger partial charge in [0, 0.05) is 28.5 Å². The Morgan fingerprint density at radius 2 is 2.10 bits per heavy atom. The molecule has 2 N–H and O–H groups in total. The molecule has 0 spiro atoms. The van der Waals surface area contributed by atoms with Gasteiger partial charge < -0.3 is 10.5 Å². The van der Waals surface area contributed by atoms with E-state index in [1.165, 1.54) is 0 Å². The van der Waals surface area contributed by atoms with Crippen LogP contribution in [-0.2, 0) is 13.0 Å². The summed E-state index contributed by atoms with van der Waals surface area (Å²) < 4.78 is 7.01. The maximum atomic E-state index is 6.07. The SMILES string of the molecule is CCC(N)Cc1cc(Br)ccc1OCc1cncc(C)c1. The van der Waals surface area contributed by atoms with Crippen LogP contribution in [0.5, 0.6) is 5.75 Å². The van der Waals surface area contributed by atoms with E-state index in [9.17, 15) is 0 Å². The molecule has 0 aliphatic heterocycles. The maximum Gasteiger partial charge on any atom is 0.123 e. The van der Waals surface area contributed by atoms with Gasteiger partial charge in [-0.2, -0.15) is 0 Å². The first-order valence-electron chi connectivity index (χ1n) is 7.15. The van der Waals surface area contributed by atoms with Gasteiger partial charge in [0.25, 0.3) is 0 Å². The van der Waals surface area contributed by atoms with Gasteiger partial charge in [-0.3, -0.25) is 4.98 Å². The molecule has 0 saturated carbocycles. The summed E-state index contributed by atoms with van der Waals surface area (Å²) in [4.78, 5) is 4.19. The summed E-state index contributed by atoms with van der Waals surface area (Å²) >= 11 is 3.51. The molecule has 21 heavy (non-hydrogen) atoms. The third-order valence-corrected chi connectivity index (χ3v) is 3.85. The minimum Gasteiger partial charge on any atom is -0.489 e. The van der Waals surface area contributed by atoms with Crippen LogP contribution < -0.4 is 10.5 Å². The lowest BCUT2D eigenvalue weighted by molar-refractivity contribution is 0.301. The molecule has 0 saturated heterocycles. The van der Waals surface area contributed by atoms with E-state index in [1.807, 2.05) is 31.5 Å². The third-order valence-electron chi connectivity index (χ3n) is 3.35. The molecular weight excluding hydrogens is 328 g/mol. The second-order valence-corrected chi connectivity index (χ2v) is 6.20. The molecule has 112 valence electrons. The molecule has 0 amide bonds. The Hall–Kier alpha value is -1.39. The minimum atomic E-state index is 0.155. The summed E-state index contributed by atoms with van der Waals surface area (Å²) in [6.45, 7) is 4.65. The first-order chi connectivity index (χ1) is 10.1. The molecule has 0 aliphatic rings. The number of ether oxygens (including phenoxy) is 1. The molecule has 0 radical (unpaired) electrons. The standard InChI is InChI=1S/C17H21BrN2O/c1-3-16(19)8-14-7-15(18)4-5-17(14)21-11-13-6-12(2)9-20-10-13/h4-7,9-10,16H,3,8,11,19H2,1-2H3. The monoisotopic (exact) mass is 348 g/mol. The molecule has 0 fully saturated rings. The number of nitrogens with zero attached hydrogens (tertiary/aromatic N) is 1. The Labute approximate surface area is 134 Å². The highest BCUT2D eigenvalue weighted by atomic mass is 79.9. The van der Waals surface area contributed by atoms with E-state index in [-0.39, 0.29) is 6.04 Å². The minimum absolute atomic E-state index is 0.155. The van der Waals surface area contributed by atoms with Crippen molar-refractivity contribution in [3.05, 3.63) is 57.8 Å². The molecule has 0 bridgehead atoms. The Bertz CT molecular complexity index is 601. The number of hydrogen-bond donors (Lipinski definition) is 1. The Kier molecular flexibility index (Phi) is 5.76. The summed E-state index contributed by atoms with van der Waals surface area (Å²) in [6, 6.07) is 8.31. The molecule has 1 heterocycles. The van der Waals surface area contributed by atoms with Crippen molar-refractivity contribution in [2.45, 2.75) is 39.3 Å². The van der Waals surface area contributed by atoms with Crippen molar-refractivity contribution in [1.82, 2.24) is 4.98 Å². The van der Waals surface area contributed by atoms with Crippen LogP contribution in [-0.4, -0.2) is 11.0 Å². The molecule has 3 nitrogen and oxygen atoms in total. The lowest BCUT2D eigenvalue weighted by Crippen LogP contribution is -2.21. The number of aryl methyl sites for hydroxylation is 1. The molecule has 2 aromatic rings. The van der Waals surface area contributed by atoms with Gasteiger partial charge in [0.05, 0.1) is 0 Å². The number of pyridine rings is 1. The number of hydrogen-bond acceptors (Lipinski definition) is 3. The van der Waals surface area contributed by atoms with Crippen molar-refractivity contribution in [3.8, 4) is 5.75 Å². The van der Waals surface area contributed by atoms with Crippen LogP contribution in [0.15, 0.2) is 41.1 Å². The highest BCUT2D eigenvalue weighted by Gasteiger charge is 2.09. The fourth-order valence-corrected chi connectivity index (χ4v) is 2.54. The van der Waals surface area contributed by atoms with Crippen LogP contribution in [0.2, 0.25) is 0 Å². The smallest absolute Gasteiger partial charge is 0.123 e. The fourth-order valence-electron chi connectivity index (χ4n) is 2.13. The van der Waals surface area contributed by atoms with Crippen molar-refractivity contribution >= 4 is 15.9 Å². The van der Waals surface area contributed by atoms with Gasteiger partial charge in [0.1, 0.15) is 12.4 Å². The van der Waals surface area contributed by atoms with E-state index in [0.717, 1.165) is 39.8 Å². The van der Waals surface area contributed by atoms with Crippen molar-refractivity contribution in [2.24, 2.45) is 5.73 Å². The number of halogens is 1. The van der Waals surface area contributed by atoms with E-state index < -0.39 is 0 Å². The van der Waals surface area contributed by atoms with Crippen LogP contribution in [0.25, 0.3) is 0 Å². The number of rotatable bonds is 6. The van der Waals surface area contributed by atoms with Gasteiger partial charge in [-0.05, 0) is 55.2 Å². The first kappa shape index (κ1) is 16.0. The van der Waals surface area contributed by atoms with E-state index in [2.05, 4.69) is 40.0 Å². The average molecular weight is 349 g/mol.